The smallest absolute Gasteiger partial charge is 0.219 e. The number of nitrogens with zero attached hydrogens (tertiary/aromatic N) is 2. The zero-order chi connectivity index (χ0) is 20.4. The maximum Gasteiger partial charge on any atom is 0.219 e. The van der Waals surface area contributed by atoms with Crippen molar-refractivity contribution in [2.75, 3.05) is 33.9 Å². The Kier molecular flexibility index (Phi) is 5.76. The van der Waals surface area contributed by atoms with Gasteiger partial charge in [0.25, 0.3) is 0 Å². The third-order valence-electron chi connectivity index (χ3n) is 6.55. The van der Waals surface area contributed by atoms with Crippen LogP contribution in [-0.4, -0.2) is 55.6 Å². The van der Waals surface area contributed by atoms with E-state index in [1.165, 1.54) is 11.1 Å². The van der Waals surface area contributed by atoms with Gasteiger partial charge in [0.2, 0.25) is 5.91 Å². The van der Waals surface area contributed by atoms with Gasteiger partial charge in [0.05, 0.1) is 14.2 Å². The number of hydrogen-bond donors (Lipinski definition) is 0. The number of amides is 1. The van der Waals surface area contributed by atoms with Gasteiger partial charge in [-0.1, -0.05) is 30.3 Å². The van der Waals surface area contributed by atoms with Crippen molar-refractivity contribution in [2.45, 2.75) is 31.8 Å². The molecule has 2 heterocycles. The van der Waals surface area contributed by atoms with Crippen LogP contribution in [0.3, 0.4) is 0 Å². The van der Waals surface area contributed by atoms with Crippen molar-refractivity contribution in [1.82, 2.24) is 9.80 Å². The Hall–Kier alpha value is -2.53. The van der Waals surface area contributed by atoms with Crippen molar-refractivity contribution < 1.29 is 14.3 Å². The molecule has 0 aliphatic carbocycles. The van der Waals surface area contributed by atoms with Crippen molar-refractivity contribution in [1.29, 1.82) is 0 Å². The molecule has 2 fully saturated rings. The fraction of sp³-hybridized carbons (Fsp3) is 0.458. The summed E-state index contributed by atoms with van der Waals surface area (Å²) in [4.78, 5) is 16.9. The standard InChI is InChI=1S/C24H30N2O3/c1-17(27)26-16-21(18-8-10-20(28-2)11-9-18)22-15-25(13-12-23(22)26)14-19-6-4-5-7-24(19)29-3/h4-11,21-23H,12-16H2,1-3H3/t21-,22-,23-/m1/s1. The monoisotopic (exact) mass is 394 g/mol. The van der Waals surface area contributed by atoms with Gasteiger partial charge in [-0.15, -0.1) is 0 Å². The molecule has 29 heavy (non-hydrogen) atoms. The molecule has 2 aliphatic rings. The molecule has 5 nitrogen and oxygen atoms in total. The molecule has 2 aromatic rings. The van der Waals surface area contributed by atoms with Crippen molar-refractivity contribution in [3.05, 3.63) is 59.7 Å². The number of piperidine rings is 1. The Labute approximate surface area is 173 Å². The summed E-state index contributed by atoms with van der Waals surface area (Å²) in [6.45, 7) is 5.37. The lowest BCUT2D eigenvalue weighted by Gasteiger charge is -2.39. The van der Waals surface area contributed by atoms with Gasteiger partial charge in [-0.2, -0.15) is 0 Å². The maximum absolute atomic E-state index is 12.3. The van der Waals surface area contributed by atoms with Crippen LogP contribution in [0.4, 0.5) is 0 Å². The predicted octanol–water partition coefficient (Wildman–Crippen LogP) is 3.54. The number of methoxy groups -OCH3 is 2. The van der Waals surface area contributed by atoms with Crippen LogP contribution in [0, 0.1) is 5.92 Å². The lowest BCUT2D eigenvalue weighted by molar-refractivity contribution is -0.130. The second-order valence-electron chi connectivity index (χ2n) is 8.12. The van der Waals surface area contributed by atoms with Gasteiger partial charge in [-0.25, -0.2) is 0 Å². The summed E-state index contributed by atoms with van der Waals surface area (Å²) in [6.07, 6.45) is 1.02. The average Bonchev–Trinajstić information content (AvgIpc) is 3.13. The molecule has 5 heteroatoms. The molecule has 0 unspecified atom stereocenters. The number of carbonyl (C=O) groups excluding carboxylic acids is 1. The minimum atomic E-state index is 0.189. The third-order valence-corrected chi connectivity index (χ3v) is 6.55. The van der Waals surface area contributed by atoms with Gasteiger partial charge in [-0.3, -0.25) is 9.69 Å². The van der Waals surface area contributed by atoms with Crippen LogP contribution in [-0.2, 0) is 11.3 Å². The van der Waals surface area contributed by atoms with Gasteiger partial charge in [0.15, 0.2) is 0 Å². The van der Waals surface area contributed by atoms with Crippen LogP contribution in [0.2, 0.25) is 0 Å². The largest absolute Gasteiger partial charge is 0.497 e. The van der Waals surface area contributed by atoms with Gasteiger partial charge in [0.1, 0.15) is 11.5 Å². The molecule has 154 valence electrons. The highest BCUT2D eigenvalue weighted by molar-refractivity contribution is 5.74. The quantitative estimate of drug-likeness (QED) is 0.778. The molecule has 2 aliphatic heterocycles. The fourth-order valence-corrected chi connectivity index (χ4v) is 5.09. The van der Waals surface area contributed by atoms with E-state index in [0.717, 1.165) is 44.1 Å². The highest BCUT2D eigenvalue weighted by atomic mass is 16.5. The molecule has 4 rings (SSSR count). The molecular weight excluding hydrogens is 364 g/mol. The molecule has 3 atom stereocenters. The molecule has 0 spiro atoms. The van der Waals surface area contributed by atoms with E-state index >= 15 is 0 Å². The number of fused-ring (bicyclic) bond motifs is 1. The summed E-state index contributed by atoms with van der Waals surface area (Å²) in [6, 6.07) is 16.9. The number of benzene rings is 2. The Bertz CT molecular complexity index is 851. The number of carbonyl (C=O) groups is 1. The minimum Gasteiger partial charge on any atom is -0.497 e. The number of likely N-dealkylation sites (tertiary alicyclic amines) is 2. The van der Waals surface area contributed by atoms with E-state index in [4.69, 9.17) is 9.47 Å². The lowest BCUT2D eigenvalue weighted by atomic mass is 9.81. The second-order valence-corrected chi connectivity index (χ2v) is 8.12. The molecule has 0 radical (unpaired) electrons. The van der Waals surface area contributed by atoms with E-state index < -0.39 is 0 Å². The summed E-state index contributed by atoms with van der Waals surface area (Å²) in [5, 5.41) is 0. The van der Waals surface area contributed by atoms with Crippen LogP contribution >= 0.6 is 0 Å². The summed E-state index contributed by atoms with van der Waals surface area (Å²) >= 11 is 0. The molecule has 0 bridgehead atoms. The van der Waals surface area contributed by atoms with Gasteiger partial charge in [-0.05, 0) is 30.2 Å². The van der Waals surface area contributed by atoms with E-state index in [2.05, 4.69) is 34.1 Å². The first-order valence-corrected chi connectivity index (χ1v) is 10.4. The first-order chi connectivity index (χ1) is 14.1. The Morgan fingerprint density at radius 3 is 2.48 bits per heavy atom. The first-order valence-electron chi connectivity index (χ1n) is 10.4. The number of para-hydroxylation sites is 1. The Morgan fingerprint density at radius 1 is 1.03 bits per heavy atom. The van der Waals surface area contributed by atoms with E-state index in [9.17, 15) is 4.79 Å². The second kappa shape index (κ2) is 8.46. The highest BCUT2D eigenvalue weighted by Gasteiger charge is 2.46. The summed E-state index contributed by atoms with van der Waals surface area (Å²) in [5.41, 5.74) is 2.51. The summed E-state index contributed by atoms with van der Waals surface area (Å²) in [5.74, 6) is 2.80. The van der Waals surface area contributed by atoms with Gasteiger partial charge >= 0.3 is 0 Å². The van der Waals surface area contributed by atoms with E-state index in [-0.39, 0.29) is 5.91 Å². The van der Waals surface area contributed by atoms with E-state index in [0.29, 0.717) is 17.9 Å². The van der Waals surface area contributed by atoms with E-state index in [1.807, 2.05) is 24.3 Å². The molecule has 0 N–H and O–H groups in total. The van der Waals surface area contributed by atoms with Crippen LogP contribution in [0.15, 0.2) is 48.5 Å². The van der Waals surface area contributed by atoms with Crippen LogP contribution in [0.25, 0.3) is 0 Å². The number of rotatable bonds is 5. The molecular formula is C24H30N2O3. The average molecular weight is 395 g/mol. The van der Waals surface area contributed by atoms with Crippen molar-refractivity contribution in [2.24, 2.45) is 5.92 Å². The SMILES string of the molecule is COc1ccc([C@H]2CN(C(C)=O)[C@@H]3CCN(Cc4ccccc4OC)C[C@H]23)cc1. The van der Waals surface area contributed by atoms with Gasteiger partial charge in [0, 0.05) is 56.5 Å². The van der Waals surface area contributed by atoms with Crippen molar-refractivity contribution in [3.8, 4) is 11.5 Å². The Morgan fingerprint density at radius 2 is 1.79 bits per heavy atom. The fourth-order valence-electron chi connectivity index (χ4n) is 5.09. The Balaban J connectivity index is 1.55. The predicted molar refractivity (Wildman–Crippen MR) is 113 cm³/mol. The van der Waals surface area contributed by atoms with Gasteiger partial charge < -0.3 is 14.4 Å². The van der Waals surface area contributed by atoms with Crippen LogP contribution in [0.1, 0.15) is 30.4 Å². The first kappa shape index (κ1) is 19.8. The van der Waals surface area contributed by atoms with Crippen LogP contribution < -0.4 is 9.47 Å². The minimum absolute atomic E-state index is 0.189. The van der Waals surface area contributed by atoms with E-state index in [1.54, 1.807) is 21.1 Å². The van der Waals surface area contributed by atoms with Crippen LogP contribution in [0.5, 0.6) is 11.5 Å². The lowest BCUT2D eigenvalue weighted by Crippen LogP contribution is -2.47. The van der Waals surface area contributed by atoms with Crippen molar-refractivity contribution >= 4 is 5.91 Å². The maximum atomic E-state index is 12.3. The highest BCUT2D eigenvalue weighted by Crippen LogP contribution is 2.42. The zero-order valence-corrected chi connectivity index (χ0v) is 17.5. The normalized spacial score (nSPS) is 24.2. The number of hydrogen-bond acceptors (Lipinski definition) is 4. The zero-order valence-electron chi connectivity index (χ0n) is 17.5. The molecule has 0 saturated carbocycles. The molecule has 2 aromatic carbocycles. The third kappa shape index (κ3) is 3.97. The molecule has 1 amide bonds. The summed E-state index contributed by atoms with van der Waals surface area (Å²) in [7, 11) is 3.42. The summed E-state index contributed by atoms with van der Waals surface area (Å²) < 4.78 is 10.9. The topological polar surface area (TPSA) is 42.0 Å². The molecule has 0 aromatic heterocycles. The number of ether oxygens (including phenoxy) is 2. The van der Waals surface area contributed by atoms with Crippen molar-refractivity contribution in [3.63, 3.8) is 0 Å². The molecule has 2 saturated heterocycles.